The van der Waals surface area contributed by atoms with Crippen LogP contribution >= 0.6 is 11.8 Å². The zero-order chi connectivity index (χ0) is 20.9. The third kappa shape index (κ3) is 2.79. The third-order valence-electron chi connectivity index (χ3n) is 5.47. The summed E-state index contributed by atoms with van der Waals surface area (Å²) in [5.41, 5.74) is 9.07. The van der Waals surface area contributed by atoms with Crippen molar-refractivity contribution in [1.29, 1.82) is 0 Å². The molecule has 1 unspecified atom stereocenters. The largest absolute Gasteiger partial charge is 0.497 e. The minimum absolute atomic E-state index is 0.0378. The standard InChI is InChI=1S/C24H21N3O2S/c1-15-4-9-18(10-5-15)27-21-13-6-16(2)14-20(21)24(23(27)28)26-25-22(30-24)17-7-11-19(29-3)12-8-17/h4-14,26H,1-3H3. The van der Waals surface area contributed by atoms with Crippen LogP contribution in [0.15, 0.2) is 71.8 Å². The maximum atomic E-state index is 13.8. The van der Waals surface area contributed by atoms with Crippen LogP contribution in [0.25, 0.3) is 0 Å². The number of benzene rings is 3. The lowest BCUT2D eigenvalue weighted by Crippen LogP contribution is -2.42. The molecule has 2 aliphatic heterocycles. The van der Waals surface area contributed by atoms with Crippen molar-refractivity contribution in [3.8, 4) is 5.75 Å². The van der Waals surface area contributed by atoms with Crippen molar-refractivity contribution in [2.24, 2.45) is 5.10 Å². The minimum atomic E-state index is -0.971. The molecule has 2 aliphatic rings. The van der Waals surface area contributed by atoms with Gasteiger partial charge in [-0.3, -0.25) is 15.1 Å². The monoisotopic (exact) mass is 415 g/mol. The first-order valence-corrected chi connectivity index (χ1v) is 10.5. The van der Waals surface area contributed by atoms with Crippen LogP contribution < -0.4 is 15.1 Å². The van der Waals surface area contributed by atoms with E-state index in [1.54, 1.807) is 12.0 Å². The van der Waals surface area contributed by atoms with Crippen molar-refractivity contribution in [3.63, 3.8) is 0 Å². The molecule has 1 atom stereocenters. The van der Waals surface area contributed by atoms with Gasteiger partial charge < -0.3 is 4.74 Å². The number of ether oxygens (including phenoxy) is 1. The van der Waals surface area contributed by atoms with Crippen LogP contribution in [0.5, 0.6) is 5.75 Å². The summed E-state index contributed by atoms with van der Waals surface area (Å²) in [6.07, 6.45) is 0. The van der Waals surface area contributed by atoms with Gasteiger partial charge in [0.15, 0.2) is 0 Å². The highest BCUT2D eigenvalue weighted by molar-refractivity contribution is 8.16. The van der Waals surface area contributed by atoms with Crippen LogP contribution in [-0.4, -0.2) is 18.1 Å². The number of aryl methyl sites for hydroxylation is 2. The molecule has 3 aromatic carbocycles. The molecule has 1 spiro atoms. The summed E-state index contributed by atoms with van der Waals surface area (Å²) in [6, 6.07) is 21.9. The van der Waals surface area contributed by atoms with Gasteiger partial charge in [0.25, 0.3) is 5.91 Å². The Balaban J connectivity index is 1.56. The first-order valence-electron chi connectivity index (χ1n) is 9.72. The molecule has 1 N–H and O–H groups in total. The number of thioether (sulfide) groups is 1. The Hall–Kier alpha value is -3.25. The molecule has 5 rings (SSSR count). The summed E-state index contributed by atoms with van der Waals surface area (Å²) < 4.78 is 5.25. The van der Waals surface area contributed by atoms with E-state index in [9.17, 15) is 4.79 Å². The number of carbonyl (C=O) groups excluding carboxylic acids is 1. The first kappa shape index (κ1) is 18.8. The highest BCUT2D eigenvalue weighted by atomic mass is 32.2. The molecular weight excluding hydrogens is 394 g/mol. The van der Waals surface area contributed by atoms with Crippen LogP contribution in [0.4, 0.5) is 11.4 Å². The van der Waals surface area contributed by atoms with E-state index in [-0.39, 0.29) is 5.91 Å². The summed E-state index contributed by atoms with van der Waals surface area (Å²) in [6.45, 7) is 4.08. The molecule has 0 fully saturated rings. The van der Waals surface area contributed by atoms with Gasteiger partial charge in [-0.1, -0.05) is 47.2 Å². The zero-order valence-electron chi connectivity index (χ0n) is 17.0. The molecule has 150 valence electrons. The normalized spacial score (nSPS) is 19.6. The van der Waals surface area contributed by atoms with Crippen molar-refractivity contribution in [1.82, 2.24) is 5.43 Å². The molecule has 0 saturated heterocycles. The summed E-state index contributed by atoms with van der Waals surface area (Å²) in [5, 5.41) is 5.34. The highest BCUT2D eigenvalue weighted by Crippen LogP contribution is 2.53. The van der Waals surface area contributed by atoms with Gasteiger partial charge >= 0.3 is 0 Å². The lowest BCUT2D eigenvalue weighted by atomic mass is 10.1. The molecule has 5 nitrogen and oxygen atoms in total. The molecule has 0 aromatic heterocycles. The second-order valence-corrected chi connectivity index (χ2v) is 8.74. The zero-order valence-corrected chi connectivity index (χ0v) is 17.8. The van der Waals surface area contributed by atoms with E-state index in [2.05, 4.69) is 16.6 Å². The highest BCUT2D eigenvalue weighted by Gasteiger charge is 2.55. The predicted octanol–water partition coefficient (Wildman–Crippen LogP) is 4.84. The number of fused-ring (bicyclic) bond motifs is 2. The Labute approximate surface area is 179 Å². The van der Waals surface area contributed by atoms with Gasteiger partial charge in [-0.05, 0) is 56.3 Å². The Morgan fingerprint density at radius 1 is 0.967 bits per heavy atom. The fraction of sp³-hybridized carbons (Fsp3) is 0.167. The number of hydrogen-bond donors (Lipinski definition) is 1. The van der Waals surface area contributed by atoms with E-state index in [1.165, 1.54) is 11.8 Å². The summed E-state index contributed by atoms with van der Waals surface area (Å²) in [5.74, 6) is 0.748. The van der Waals surface area contributed by atoms with Crippen molar-refractivity contribution in [3.05, 3.63) is 89.0 Å². The number of nitrogens with zero attached hydrogens (tertiary/aromatic N) is 2. The number of rotatable bonds is 3. The van der Waals surface area contributed by atoms with Crippen LogP contribution in [-0.2, 0) is 9.67 Å². The number of anilines is 2. The Bertz CT molecular complexity index is 1170. The molecule has 30 heavy (non-hydrogen) atoms. The quantitative estimate of drug-likeness (QED) is 0.665. The van der Waals surface area contributed by atoms with E-state index >= 15 is 0 Å². The minimum Gasteiger partial charge on any atom is -0.497 e. The smallest absolute Gasteiger partial charge is 0.274 e. The summed E-state index contributed by atoms with van der Waals surface area (Å²) in [4.78, 5) is 14.6. The Kier molecular flexibility index (Phi) is 4.33. The van der Waals surface area contributed by atoms with E-state index in [0.29, 0.717) is 0 Å². The molecule has 0 bridgehead atoms. The van der Waals surface area contributed by atoms with E-state index in [4.69, 9.17) is 4.74 Å². The topological polar surface area (TPSA) is 53.9 Å². The average Bonchev–Trinajstić information content (AvgIpc) is 3.31. The maximum absolute atomic E-state index is 13.8. The van der Waals surface area contributed by atoms with Gasteiger partial charge in [0.05, 0.1) is 12.8 Å². The van der Waals surface area contributed by atoms with Crippen molar-refractivity contribution in [2.75, 3.05) is 12.0 Å². The molecule has 3 aromatic rings. The first-order chi connectivity index (χ1) is 14.5. The van der Waals surface area contributed by atoms with Crippen molar-refractivity contribution >= 4 is 34.1 Å². The van der Waals surface area contributed by atoms with Gasteiger partial charge in [-0.2, -0.15) is 5.10 Å². The molecule has 2 heterocycles. The van der Waals surface area contributed by atoms with E-state index in [0.717, 1.165) is 44.4 Å². The molecule has 0 aliphatic carbocycles. The number of hydrogen-bond acceptors (Lipinski definition) is 5. The van der Waals surface area contributed by atoms with Crippen molar-refractivity contribution < 1.29 is 9.53 Å². The van der Waals surface area contributed by atoms with Crippen LogP contribution in [0, 0.1) is 13.8 Å². The molecule has 0 saturated carbocycles. The maximum Gasteiger partial charge on any atom is 0.274 e. The number of amides is 1. The van der Waals surface area contributed by atoms with Gasteiger partial charge in [-0.25, -0.2) is 0 Å². The Morgan fingerprint density at radius 2 is 1.67 bits per heavy atom. The fourth-order valence-electron chi connectivity index (χ4n) is 3.84. The summed E-state index contributed by atoms with van der Waals surface area (Å²) in [7, 11) is 1.64. The fourth-order valence-corrected chi connectivity index (χ4v) is 5.02. The van der Waals surface area contributed by atoms with Gasteiger partial charge in [0, 0.05) is 16.8 Å². The number of hydrazone groups is 1. The average molecular weight is 416 g/mol. The number of nitrogens with one attached hydrogen (secondary N) is 1. The predicted molar refractivity (Wildman–Crippen MR) is 121 cm³/mol. The van der Waals surface area contributed by atoms with Crippen LogP contribution in [0.2, 0.25) is 0 Å². The number of methoxy groups -OCH3 is 1. The molecule has 1 amide bonds. The number of carbonyl (C=O) groups is 1. The second kappa shape index (κ2) is 6.92. The third-order valence-corrected chi connectivity index (χ3v) is 6.78. The lowest BCUT2D eigenvalue weighted by Gasteiger charge is -2.23. The van der Waals surface area contributed by atoms with Gasteiger partial charge in [0.1, 0.15) is 10.8 Å². The molecule has 6 heteroatoms. The van der Waals surface area contributed by atoms with Gasteiger partial charge in [0.2, 0.25) is 4.87 Å². The second-order valence-electron chi connectivity index (χ2n) is 7.54. The van der Waals surface area contributed by atoms with Gasteiger partial charge in [-0.15, -0.1) is 0 Å². The van der Waals surface area contributed by atoms with Crippen molar-refractivity contribution in [2.45, 2.75) is 18.7 Å². The lowest BCUT2D eigenvalue weighted by molar-refractivity contribution is -0.120. The molecular formula is C24H21N3O2S. The van der Waals surface area contributed by atoms with E-state index < -0.39 is 4.87 Å². The molecule has 0 radical (unpaired) electrons. The van der Waals surface area contributed by atoms with Crippen LogP contribution in [0.1, 0.15) is 22.3 Å². The van der Waals surface area contributed by atoms with E-state index in [1.807, 2.05) is 74.5 Å². The SMILES string of the molecule is COc1ccc(C2=NNC3(S2)C(=O)N(c2ccc(C)cc2)c2ccc(C)cc23)cc1. The summed E-state index contributed by atoms with van der Waals surface area (Å²) >= 11 is 1.46. The Morgan fingerprint density at radius 3 is 2.37 bits per heavy atom. The van der Waals surface area contributed by atoms with Crippen LogP contribution in [0.3, 0.4) is 0 Å².